The minimum atomic E-state index is -4.24. The molecule has 1 rings (SSSR count). The van der Waals surface area contributed by atoms with E-state index in [9.17, 15) is 4.57 Å². The van der Waals surface area contributed by atoms with Gasteiger partial charge < -0.3 is 15.2 Å². The van der Waals surface area contributed by atoms with Gasteiger partial charge in [0, 0.05) is 10.7 Å². The molecule has 0 atom stereocenters. The minimum Gasteiger partial charge on any atom is -0.312 e. The van der Waals surface area contributed by atoms with Crippen molar-refractivity contribution in [3.63, 3.8) is 0 Å². The molecule has 0 unspecified atom stereocenters. The fraction of sp³-hybridized carbons (Fsp3) is 0. The second-order valence-electron chi connectivity index (χ2n) is 2.29. The number of nitrogens with one attached hydrogen (secondary N) is 2. The van der Waals surface area contributed by atoms with Crippen molar-refractivity contribution in [2.45, 2.75) is 0 Å². The zero-order valence-electron chi connectivity index (χ0n) is 6.44. The standard InChI is InChI=1S/C6H8ClN2O3P/c7-5-1-3-6(4-2-5)8-9-13(10,11)12/h1-4,8H,(H3,9,10,11,12). The molecule has 72 valence electrons. The highest BCUT2D eigenvalue weighted by atomic mass is 35.5. The summed E-state index contributed by atoms with van der Waals surface area (Å²) in [6.45, 7) is 0. The topological polar surface area (TPSA) is 81.6 Å². The van der Waals surface area contributed by atoms with Crippen molar-refractivity contribution in [2.24, 2.45) is 0 Å². The third-order valence-corrected chi connectivity index (χ3v) is 1.85. The lowest BCUT2D eigenvalue weighted by Crippen LogP contribution is -2.17. The maximum Gasteiger partial charge on any atom is 0.417 e. The quantitative estimate of drug-likeness (QED) is 0.459. The molecule has 0 aromatic heterocycles. The summed E-state index contributed by atoms with van der Waals surface area (Å²) in [5, 5.41) is 2.39. The number of halogens is 1. The van der Waals surface area contributed by atoms with Crippen molar-refractivity contribution in [3.8, 4) is 0 Å². The van der Waals surface area contributed by atoms with Crippen LogP contribution < -0.4 is 10.6 Å². The molecule has 1 aromatic rings. The molecular weight excluding hydrogens is 215 g/mol. The summed E-state index contributed by atoms with van der Waals surface area (Å²) in [4.78, 5) is 16.9. The highest BCUT2D eigenvalue weighted by Gasteiger charge is 2.10. The summed E-state index contributed by atoms with van der Waals surface area (Å²) in [6, 6.07) is 6.38. The van der Waals surface area contributed by atoms with Crippen LogP contribution in [0.2, 0.25) is 5.02 Å². The lowest BCUT2D eigenvalue weighted by Gasteiger charge is -2.08. The number of hydrogen-bond donors (Lipinski definition) is 4. The van der Waals surface area contributed by atoms with Crippen molar-refractivity contribution < 1.29 is 14.4 Å². The van der Waals surface area contributed by atoms with Gasteiger partial charge in [-0.25, -0.2) is 4.57 Å². The van der Waals surface area contributed by atoms with Gasteiger partial charge in [-0.3, -0.25) is 0 Å². The molecule has 0 heterocycles. The number of hydrogen-bond acceptors (Lipinski definition) is 2. The monoisotopic (exact) mass is 222 g/mol. The van der Waals surface area contributed by atoms with Crippen molar-refractivity contribution in [1.82, 2.24) is 5.20 Å². The molecule has 0 amide bonds. The average molecular weight is 223 g/mol. The molecule has 0 aliphatic carbocycles. The molecule has 0 fully saturated rings. The smallest absolute Gasteiger partial charge is 0.312 e. The zero-order valence-corrected chi connectivity index (χ0v) is 8.09. The van der Waals surface area contributed by atoms with E-state index < -0.39 is 7.75 Å². The lowest BCUT2D eigenvalue weighted by molar-refractivity contribution is 0.362. The molecule has 0 radical (unpaired) electrons. The van der Waals surface area contributed by atoms with E-state index in [0.29, 0.717) is 10.7 Å². The molecule has 7 heteroatoms. The third kappa shape index (κ3) is 4.26. The summed E-state index contributed by atoms with van der Waals surface area (Å²) in [7, 11) is -4.24. The van der Waals surface area contributed by atoms with Crippen molar-refractivity contribution in [2.75, 3.05) is 5.43 Å². The van der Waals surface area contributed by atoms with E-state index in [1.54, 1.807) is 24.3 Å². The maximum absolute atomic E-state index is 10.4. The van der Waals surface area contributed by atoms with E-state index >= 15 is 0 Å². The summed E-state index contributed by atoms with van der Waals surface area (Å²) in [6.07, 6.45) is 0. The SMILES string of the molecule is O=P(O)(O)NNc1ccc(Cl)cc1. The van der Waals surface area contributed by atoms with Gasteiger partial charge in [0.1, 0.15) is 0 Å². The molecule has 13 heavy (non-hydrogen) atoms. The van der Waals surface area contributed by atoms with Crippen LogP contribution in [0.3, 0.4) is 0 Å². The van der Waals surface area contributed by atoms with Gasteiger partial charge >= 0.3 is 7.75 Å². The van der Waals surface area contributed by atoms with Crippen LogP contribution >= 0.6 is 19.3 Å². The Hall–Kier alpha value is -0.580. The van der Waals surface area contributed by atoms with E-state index in [0.717, 1.165) is 0 Å². The fourth-order valence-electron chi connectivity index (χ4n) is 0.671. The van der Waals surface area contributed by atoms with Crippen LogP contribution in [0, 0.1) is 0 Å². The first kappa shape index (κ1) is 10.5. The number of hydrazine groups is 1. The van der Waals surface area contributed by atoms with Gasteiger partial charge in [-0.2, -0.15) is 0 Å². The highest BCUT2D eigenvalue weighted by Crippen LogP contribution is 2.27. The van der Waals surface area contributed by atoms with Crippen LogP contribution in [0.5, 0.6) is 0 Å². The Balaban J connectivity index is 2.56. The number of benzene rings is 1. The molecule has 4 N–H and O–H groups in total. The van der Waals surface area contributed by atoms with Crippen LogP contribution in [0.15, 0.2) is 24.3 Å². The summed E-state index contributed by atoms with van der Waals surface area (Å²) < 4.78 is 10.4. The molecule has 0 saturated heterocycles. The Morgan fingerprint density at radius 1 is 1.23 bits per heavy atom. The van der Waals surface area contributed by atoms with Crippen LogP contribution in [0.1, 0.15) is 0 Å². The zero-order chi connectivity index (χ0) is 9.90. The Morgan fingerprint density at radius 3 is 2.23 bits per heavy atom. The van der Waals surface area contributed by atoms with E-state index in [-0.39, 0.29) is 0 Å². The van der Waals surface area contributed by atoms with Crippen LogP contribution in [0.25, 0.3) is 0 Å². The predicted octanol–water partition coefficient (Wildman–Crippen LogP) is 1.35. The Labute approximate surface area is 79.9 Å². The molecular formula is C6H8ClN2O3P. The second kappa shape index (κ2) is 4.09. The molecule has 0 aliphatic heterocycles. The van der Waals surface area contributed by atoms with Gasteiger partial charge in [0.05, 0.1) is 0 Å². The Bertz CT molecular complexity index is 323. The van der Waals surface area contributed by atoms with Gasteiger partial charge in [-0.1, -0.05) is 11.6 Å². The van der Waals surface area contributed by atoms with Gasteiger partial charge in [0.2, 0.25) is 0 Å². The normalized spacial score (nSPS) is 11.3. The van der Waals surface area contributed by atoms with Crippen LogP contribution in [0.4, 0.5) is 5.69 Å². The molecule has 5 nitrogen and oxygen atoms in total. The second-order valence-corrected chi connectivity index (χ2v) is 4.04. The van der Waals surface area contributed by atoms with Crippen molar-refractivity contribution in [1.29, 1.82) is 0 Å². The molecule has 0 saturated carbocycles. The maximum atomic E-state index is 10.4. The first-order valence-corrected chi connectivity index (χ1v) is 5.31. The van der Waals surface area contributed by atoms with E-state index in [4.69, 9.17) is 21.4 Å². The van der Waals surface area contributed by atoms with Crippen molar-refractivity contribution >= 4 is 25.0 Å². The average Bonchev–Trinajstić information content (AvgIpc) is 2.02. The predicted molar refractivity (Wildman–Crippen MR) is 50.3 cm³/mol. The summed E-state index contributed by atoms with van der Waals surface area (Å²) in [5.74, 6) is 0. The molecule has 1 aromatic carbocycles. The fourth-order valence-corrected chi connectivity index (χ4v) is 1.07. The van der Waals surface area contributed by atoms with Crippen LogP contribution in [-0.4, -0.2) is 9.79 Å². The third-order valence-electron chi connectivity index (χ3n) is 1.19. The highest BCUT2D eigenvalue weighted by molar-refractivity contribution is 7.49. The minimum absolute atomic E-state index is 0.521. The Kier molecular flexibility index (Phi) is 3.30. The van der Waals surface area contributed by atoms with E-state index in [1.165, 1.54) is 0 Å². The number of rotatable bonds is 3. The Morgan fingerprint density at radius 2 is 1.77 bits per heavy atom. The van der Waals surface area contributed by atoms with Gasteiger partial charge in [-0.05, 0) is 24.3 Å². The van der Waals surface area contributed by atoms with Gasteiger partial charge in [-0.15, -0.1) is 5.20 Å². The summed E-state index contributed by atoms with van der Waals surface area (Å²) in [5.41, 5.74) is 2.86. The van der Waals surface area contributed by atoms with Gasteiger partial charge in [0.15, 0.2) is 0 Å². The first-order chi connectivity index (χ1) is 5.97. The van der Waals surface area contributed by atoms with E-state index in [2.05, 4.69) is 5.43 Å². The molecule has 0 aliphatic rings. The first-order valence-electron chi connectivity index (χ1n) is 3.32. The molecule has 0 bridgehead atoms. The van der Waals surface area contributed by atoms with E-state index in [1.807, 2.05) is 5.20 Å². The van der Waals surface area contributed by atoms with Gasteiger partial charge in [0.25, 0.3) is 0 Å². The largest absolute Gasteiger partial charge is 0.417 e. The van der Waals surface area contributed by atoms with Crippen molar-refractivity contribution in [3.05, 3.63) is 29.3 Å². The lowest BCUT2D eigenvalue weighted by atomic mass is 10.3. The summed E-state index contributed by atoms with van der Waals surface area (Å²) >= 11 is 5.60. The molecule has 0 spiro atoms. The number of anilines is 1. The van der Waals surface area contributed by atoms with Crippen LogP contribution in [-0.2, 0) is 4.57 Å².